The molecule has 0 bridgehead atoms. The zero-order valence-corrected chi connectivity index (χ0v) is 16.8. The van der Waals surface area contributed by atoms with Gasteiger partial charge in [0.1, 0.15) is 17.3 Å². The summed E-state index contributed by atoms with van der Waals surface area (Å²) in [5.41, 5.74) is 3.77. The van der Waals surface area contributed by atoms with Crippen molar-refractivity contribution in [1.29, 1.82) is 0 Å². The fourth-order valence-corrected chi connectivity index (χ4v) is 5.55. The molecule has 0 radical (unpaired) electrons. The van der Waals surface area contributed by atoms with Gasteiger partial charge in [0.05, 0.1) is 0 Å². The smallest absolute Gasteiger partial charge is 0.139 e. The van der Waals surface area contributed by atoms with Crippen LogP contribution in [0.1, 0.15) is 34.7 Å². The van der Waals surface area contributed by atoms with Crippen molar-refractivity contribution in [1.82, 2.24) is 14.9 Å². The Morgan fingerprint density at radius 3 is 2.18 bits per heavy atom. The molecule has 3 aromatic rings. The van der Waals surface area contributed by atoms with Crippen molar-refractivity contribution in [2.24, 2.45) is 5.92 Å². The fraction of sp³-hybridized carbons (Fsp3) is 0.304. The Kier molecular flexibility index (Phi) is 4.33. The van der Waals surface area contributed by atoms with Gasteiger partial charge in [-0.05, 0) is 18.2 Å². The molecule has 28 heavy (non-hydrogen) atoms. The average Bonchev–Trinajstić information content (AvgIpc) is 3.01. The van der Waals surface area contributed by atoms with Gasteiger partial charge in [0.25, 0.3) is 0 Å². The summed E-state index contributed by atoms with van der Waals surface area (Å²) in [7, 11) is 4.33. The summed E-state index contributed by atoms with van der Waals surface area (Å²) >= 11 is 6.62. The Labute approximate surface area is 170 Å². The van der Waals surface area contributed by atoms with E-state index in [1.165, 1.54) is 11.1 Å². The molecule has 2 aromatic carbocycles. The van der Waals surface area contributed by atoms with Crippen LogP contribution < -0.4 is 4.90 Å². The molecule has 0 N–H and O–H groups in total. The monoisotopic (exact) mass is 390 g/mol. The van der Waals surface area contributed by atoms with Crippen molar-refractivity contribution >= 4 is 17.4 Å². The van der Waals surface area contributed by atoms with Crippen LogP contribution in [0.2, 0.25) is 5.15 Å². The molecule has 2 aliphatic heterocycles. The number of fused-ring (bicyclic) bond motifs is 3. The Morgan fingerprint density at radius 2 is 1.50 bits per heavy atom. The molecule has 5 heteroatoms. The first-order valence-corrected chi connectivity index (χ1v) is 10.1. The Morgan fingerprint density at radius 1 is 0.857 bits per heavy atom. The third-order valence-corrected chi connectivity index (χ3v) is 6.67. The molecule has 0 spiro atoms. The van der Waals surface area contributed by atoms with E-state index in [0.29, 0.717) is 17.0 Å². The number of likely N-dealkylation sites (tertiary alicyclic amines) is 1. The van der Waals surface area contributed by atoms with Crippen LogP contribution in [0.5, 0.6) is 0 Å². The molecule has 142 valence electrons. The van der Waals surface area contributed by atoms with E-state index < -0.39 is 0 Å². The lowest BCUT2D eigenvalue weighted by atomic mass is 9.77. The van der Waals surface area contributed by atoms with E-state index in [9.17, 15) is 0 Å². The first-order chi connectivity index (χ1) is 13.7. The zero-order chi connectivity index (χ0) is 19.3. The van der Waals surface area contributed by atoms with Crippen LogP contribution in [0, 0.1) is 5.92 Å². The molecule has 0 amide bonds. The van der Waals surface area contributed by atoms with E-state index in [2.05, 4.69) is 94.5 Å². The summed E-state index contributed by atoms with van der Waals surface area (Å²) in [6, 6.07) is 22.2. The van der Waals surface area contributed by atoms with Crippen molar-refractivity contribution in [3.05, 3.63) is 88.8 Å². The van der Waals surface area contributed by atoms with Crippen LogP contribution in [-0.4, -0.2) is 35.5 Å². The number of hydrogen-bond acceptors (Lipinski definition) is 4. The maximum absolute atomic E-state index is 6.62. The highest BCUT2D eigenvalue weighted by atomic mass is 35.5. The molecular weight excluding hydrogens is 368 g/mol. The van der Waals surface area contributed by atoms with E-state index in [1.807, 2.05) is 0 Å². The molecule has 4 atom stereocenters. The van der Waals surface area contributed by atoms with Gasteiger partial charge in [-0.3, -0.25) is 4.90 Å². The summed E-state index contributed by atoms with van der Waals surface area (Å²) in [5.74, 6) is 1.72. The number of hydrogen-bond donors (Lipinski definition) is 0. The van der Waals surface area contributed by atoms with Gasteiger partial charge in [0, 0.05) is 43.1 Å². The quantitative estimate of drug-likeness (QED) is 0.593. The molecule has 5 rings (SSSR count). The minimum atomic E-state index is 0.190. The van der Waals surface area contributed by atoms with Gasteiger partial charge < -0.3 is 4.90 Å². The molecular formula is C23H23ClN4. The second-order valence-electron chi connectivity index (χ2n) is 7.85. The molecule has 1 aromatic heterocycles. The first-order valence-electron chi connectivity index (χ1n) is 9.70. The van der Waals surface area contributed by atoms with Gasteiger partial charge in [-0.1, -0.05) is 72.3 Å². The number of likely N-dealkylation sites (N-methyl/N-ethyl adjacent to an activating group) is 1. The number of rotatable bonds is 2. The topological polar surface area (TPSA) is 32.3 Å². The van der Waals surface area contributed by atoms with Gasteiger partial charge >= 0.3 is 0 Å². The molecule has 4 nitrogen and oxygen atoms in total. The molecule has 1 fully saturated rings. The number of benzene rings is 2. The van der Waals surface area contributed by atoms with Crippen molar-refractivity contribution in [2.45, 2.75) is 18.0 Å². The molecule has 0 aliphatic carbocycles. The first kappa shape index (κ1) is 17.7. The highest BCUT2D eigenvalue weighted by Crippen LogP contribution is 2.59. The van der Waals surface area contributed by atoms with Crippen molar-refractivity contribution < 1.29 is 0 Å². The number of aromatic nitrogens is 2. The summed E-state index contributed by atoms with van der Waals surface area (Å²) in [6.45, 7) is 0.943. The van der Waals surface area contributed by atoms with Crippen LogP contribution in [0.3, 0.4) is 0 Å². The highest BCUT2D eigenvalue weighted by molar-refractivity contribution is 6.30. The second kappa shape index (κ2) is 6.87. The van der Waals surface area contributed by atoms with Crippen LogP contribution in [0.15, 0.2) is 67.0 Å². The van der Waals surface area contributed by atoms with E-state index in [0.717, 1.165) is 17.9 Å². The Bertz CT molecular complexity index is 978. The van der Waals surface area contributed by atoms with Crippen LogP contribution in [0.25, 0.3) is 0 Å². The summed E-state index contributed by atoms with van der Waals surface area (Å²) < 4.78 is 0. The minimum absolute atomic E-state index is 0.190. The SMILES string of the molecule is CN1C[C@H]2[C@H](c3ccccc3)[C@H](c3ccccc3)N(C)[C@H]2c2c(Cl)ncnc21. The van der Waals surface area contributed by atoms with Gasteiger partial charge in [0.15, 0.2) is 0 Å². The lowest BCUT2D eigenvalue weighted by Gasteiger charge is -2.38. The number of anilines is 1. The second-order valence-corrected chi connectivity index (χ2v) is 8.21. The van der Waals surface area contributed by atoms with Gasteiger partial charge in [-0.2, -0.15) is 0 Å². The van der Waals surface area contributed by atoms with Crippen molar-refractivity contribution in [3.63, 3.8) is 0 Å². The Hall–Kier alpha value is -2.43. The van der Waals surface area contributed by atoms with Crippen molar-refractivity contribution in [3.8, 4) is 0 Å². The number of halogens is 1. The molecule has 3 heterocycles. The minimum Gasteiger partial charge on any atom is -0.359 e. The largest absolute Gasteiger partial charge is 0.359 e. The van der Waals surface area contributed by atoms with E-state index in [-0.39, 0.29) is 12.1 Å². The van der Waals surface area contributed by atoms with Gasteiger partial charge in [-0.25, -0.2) is 9.97 Å². The predicted molar refractivity (Wildman–Crippen MR) is 113 cm³/mol. The van der Waals surface area contributed by atoms with E-state index in [1.54, 1.807) is 6.33 Å². The van der Waals surface area contributed by atoms with Crippen LogP contribution in [0.4, 0.5) is 5.82 Å². The normalized spacial score (nSPS) is 26.8. The molecule has 0 saturated carbocycles. The number of nitrogens with zero attached hydrogens (tertiary/aromatic N) is 4. The summed E-state index contributed by atoms with van der Waals surface area (Å²) in [4.78, 5) is 13.6. The lowest BCUT2D eigenvalue weighted by molar-refractivity contribution is 0.222. The molecule has 1 saturated heterocycles. The lowest BCUT2D eigenvalue weighted by Crippen LogP contribution is -2.38. The fourth-order valence-electron chi connectivity index (χ4n) is 5.31. The molecule has 2 aliphatic rings. The maximum atomic E-state index is 6.62. The van der Waals surface area contributed by atoms with Gasteiger partial charge in [0.2, 0.25) is 0 Å². The standard InChI is InChI=1S/C23H23ClN4/c1-27-13-17-18(15-9-5-3-6-10-15)20(16-11-7-4-8-12-16)28(2)21(17)19-22(24)25-14-26-23(19)27/h3-12,14,17-18,20-21H,13H2,1-2H3/t17-,18-,20-,21+/m0/s1. The van der Waals surface area contributed by atoms with Crippen LogP contribution >= 0.6 is 11.6 Å². The predicted octanol–water partition coefficient (Wildman–Crippen LogP) is 4.71. The highest BCUT2D eigenvalue weighted by Gasteiger charge is 2.52. The van der Waals surface area contributed by atoms with Crippen molar-refractivity contribution in [2.75, 3.05) is 25.5 Å². The summed E-state index contributed by atoms with van der Waals surface area (Å²) in [5, 5.41) is 0.568. The average molecular weight is 391 g/mol. The zero-order valence-electron chi connectivity index (χ0n) is 16.0. The third-order valence-electron chi connectivity index (χ3n) is 6.37. The van der Waals surface area contributed by atoms with Gasteiger partial charge in [-0.15, -0.1) is 0 Å². The van der Waals surface area contributed by atoms with E-state index >= 15 is 0 Å². The third kappa shape index (κ3) is 2.63. The van der Waals surface area contributed by atoms with E-state index in [4.69, 9.17) is 11.6 Å². The maximum Gasteiger partial charge on any atom is 0.139 e. The van der Waals surface area contributed by atoms with Crippen LogP contribution in [-0.2, 0) is 0 Å². The summed E-state index contributed by atoms with van der Waals surface area (Å²) in [6.07, 6.45) is 1.57. The molecule has 0 unspecified atom stereocenters. The Balaban J connectivity index is 1.71.